The number of carboxylic acid groups (broad SMARTS) is 1. The Morgan fingerprint density at radius 1 is 1.18 bits per heavy atom. The van der Waals surface area contributed by atoms with Crippen LogP contribution in [0.4, 0.5) is 0 Å². The van der Waals surface area contributed by atoms with Crippen LogP contribution in [-0.2, 0) is 19.2 Å². The minimum Gasteiger partial charge on any atom is -0.480 e. The van der Waals surface area contributed by atoms with Gasteiger partial charge in [0.05, 0.1) is 6.61 Å². The third kappa shape index (κ3) is 9.43. The largest absolute Gasteiger partial charge is 0.480 e. The molecule has 0 radical (unpaired) electrons. The molecule has 0 bridgehead atoms. The van der Waals surface area contributed by atoms with Gasteiger partial charge in [-0.15, -0.1) is 0 Å². The van der Waals surface area contributed by atoms with Gasteiger partial charge in [-0.2, -0.15) is 11.8 Å². The molecule has 0 spiro atoms. The summed E-state index contributed by atoms with van der Waals surface area (Å²) in [4.78, 5) is 54.9. The Hall–Kier alpha value is -2.58. The third-order valence-electron chi connectivity index (χ3n) is 5.16. The van der Waals surface area contributed by atoms with Crippen LogP contribution in [0, 0.1) is 0 Å². The summed E-state index contributed by atoms with van der Waals surface area (Å²) < 4.78 is 0. The van der Waals surface area contributed by atoms with Gasteiger partial charge < -0.3 is 42.9 Å². The van der Waals surface area contributed by atoms with Crippen LogP contribution in [0.15, 0.2) is 4.99 Å². The van der Waals surface area contributed by atoms with Crippen molar-refractivity contribution in [2.45, 2.75) is 56.3 Å². The maximum Gasteiger partial charge on any atom is 0.326 e. The van der Waals surface area contributed by atoms with Crippen LogP contribution >= 0.6 is 11.8 Å². The van der Waals surface area contributed by atoms with Crippen molar-refractivity contribution in [3.05, 3.63) is 0 Å². The molecule has 3 amide bonds. The maximum absolute atomic E-state index is 13.2. The highest BCUT2D eigenvalue weighted by Gasteiger charge is 2.38. The number of aliphatic hydroxyl groups excluding tert-OH is 1. The highest BCUT2D eigenvalue weighted by molar-refractivity contribution is 7.98. The second-order valence-corrected chi connectivity index (χ2v) is 8.66. The molecular formula is C19H35N7O6S. The first kappa shape index (κ1) is 28.5. The van der Waals surface area contributed by atoms with Crippen LogP contribution in [0.25, 0.3) is 0 Å². The number of nitrogens with zero attached hydrogens (tertiary/aromatic N) is 2. The zero-order chi connectivity index (χ0) is 25.0. The summed E-state index contributed by atoms with van der Waals surface area (Å²) in [6.07, 6.45) is 3.56. The molecule has 1 aliphatic heterocycles. The van der Waals surface area contributed by atoms with E-state index >= 15 is 0 Å². The van der Waals surface area contributed by atoms with Crippen molar-refractivity contribution in [3.63, 3.8) is 0 Å². The average Bonchev–Trinajstić information content (AvgIpc) is 3.27. The number of aliphatic hydroxyl groups is 1. The van der Waals surface area contributed by atoms with Crippen LogP contribution in [0.5, 0.6) is 0 Å². The van der Waals surface area contributed by atoms with Crippen molar-refractivity contribution in [2.75, 3.05) is 31.7 Å². The predicted molar refractivity (Wildman–Crippen MR) is 124 cm³/mol. The van der Waals surface area contributed by atoms with Gasteiger partial charge in [0.25, 0.3) is 0 Å². The van der Waals surface area contributed by atoms with E-state index in [1.807, 2.05) is 6.26 Å². The van der Waals surface area contributed by atoms with Crippen molar-refractivity contribution in [1.82, 2.24) is 15.5 Å². The first-order chi connectivity index (χ1) is 15.6. The molecule has 1 saturated heterocycles. The fourth-order valence-electron chi connectivity index (χ4n) is 3.39. The minimum absolute atomic E-state index is 0.103. The highest BCUT2D eigenvalue weighted by Crippen LogP contribution is 2.20. The Balaban J connectivity index is 2.85. The zero-order valence-electron chi connectivity index (χ0n) is 18.7. The van der Waals surface area contributed by atoms with E-state index in [1.54, 1.807) is 0 Å². The number of aliphatic carboxylic acids is 1. The Morgan fingerprint density at radius 3 is 2.45 bits per heavy atom. The second-order valence-electron chi connectivity index (χ2n) is 7.67. The first-order valence-corrected chi connectivity index (χ1v) is 12.1. The van der Waals surface area contributed by atoms with E-state index in [0.29, 0.717) is 38.0 Å². The number of aliphatic imine (C=N–C) groups is 1. The molecule has 13 nitrogen and oxygen atoms in total. The summed E-state index contributed by atoms with van der Waals surface area (Å²) in [6.45, 7) is -0.0383. The number of nitrogens with two attached hydrogens (primary N) is 3. The summed E-state index contributed by atoms with van der Waals surface area (Å²) in [7, 11) is 0. The van der Waals surface area contributed by atoms with Gasteiger partial charge in [0, 0.05) is 13.1 Å². The summed E-state index contributed by atoms with van der Waals surface area (Å²) >= 11 is 1.49. The van der Waals surface area contributed by atoms with Crippen LogP contribution in [-0.4, -0.2) is 101 Å². The van der Waals surface area contributed by atoms with Crippen LogP contribution in [0.2, 0.25) is 0 Å². The molecule has 0 aromatic carbocycles. The Kier molecular flexibility index (Phi) is 12.5. The highest BCUT2D eigenvalue weighted by atomic mass is 32.2. The lowest BCUT2D eigenvalue weighted by molar-refractivity contribution is -0.145. The van der Waals surface area contributed by atoms with Gasteiger partial charge in [0.1, 0.15) is 24.2 Å². The van der Waals surface area contributed by atoms with Crippen LogP contribution in [0.1, 0.15) is 32.1 Å². The van der Waals surface area contributed by atoms with Gasteiger partial charge in [-0.05, 0) is 44.1 Å². The number of hydrogen-bond donors (Lipinski definition) is 7. The lowest BCUT2D eigenvalue weighted by Gasteiger charge is -2.30. The molecule has 1 rings (SSSR count). The normalized spacial score (nSPS) is 18.2. The molecule has 1 fully saturated rings. The van der Waals surface area contributed by atoms with E-state index in [9.17, 15) is 24.3 Å². The number of guanidine groups is 1. The Bertz CT molecular complexity index is 719. The number of rotatable bonds is 14. The minimum atomic E-state index is -1.20. The third-order valence-corrected chi connectivity index (χ3v) is 5.80. The number of likely N-dealkylation sites (tertiary alicyclic amines) is 1. The number of carbonyl (C=O) groups excluding carboxylic acids is 3. The molecule has 14 heteroatoms. The fraction of sp³-hybridized carbons (Fsp3) is 0.737. The number of carbonyl (C=O) groups is 4. The summed E-state index contributed by atoms with van der Waals surface area (Å²) in [5.74, 6) is -2.41. The van der Waals surface area contributed by atoms with Crippen molar-refractivity contribution in [1.29, 1.82) is 0 Å². The molecule has 4 unspecified atom stereocenters. The lowest BCUT2D eigenvalue weighted by Crippen LogP contribution is -2.57. The van der Waals surface area contributed by atoms with Crippen molar-refractivity contribution < 1.29 is 29.4 Å². The predicted octanol–water partition coefficient (Wildman–Crippen LogP) is -2.84. The number of nitrogens with one attached hydrogen (secondary N) is 2. The topological polar surface area (TPSA) is 226 Å². The summed E-state index contributed by atoms with van der Waals surface area (Å²) in [6, 6.07) is -4.08. The van der Waals surface area contributed by atoms with E-state index in [1.165, 1.54) is 16.7 Å². The molecule has 1 heterocycles. The van der Waals surface area contributed by atoms with Gasteiger partial charge in [-0.1, -0.05) is 0 Å². The number of amides is 3. The molecule has 188 valence electrons. The average molecular weight is 490 g/mol. The molecule has 0 aromatic rings. The second kappa shape index (κ2) is 14.5. The SMILES string of the molecule is CSCCC(NC(=O)C(N)CO)C(=O)N1CCCC1C(=O)NC(CCCN=C(N)N)C(=O)O. The molecule has 0 aliphatic carbocycles. The zero-order valence-corrected chi connectivity index (χ0v) is 19.6. The molecule has 0 saturated carbocycles. The van der Waals surface area contributed by atoms with Gasteiger partial charge in [0.2, 0.25) is 17.7 Å². The van der Waals surface area contributed by atoms with E-state index in [2.05, 4.69) is 15.6 Å². The molecule has 4 atom stereocenters. The summed E-state index contributed by atoms with van der Waals surface area (Å²) in [5.41, 5.74) is 16.0. The molecular weight excluding hydrogens is 454 g/mol. The van der Waals surface area contributed by atoms with Gasteiger partial charge in [-0.25, -0.2) is 4.79 Å². The summed E-state index contributed by atoms with van der Waals surface area (Å²) in [5, 5.41) is 23.6. The number of hydrogen-bond acceptors (Lipinski definition) is 8. The van der Waals surface area contributed by atoms with Gasteiger partial charge in [-0.3, -0.25) is 19.4 Å². The first-order valence-electron chi connectivity index (χ1n) is 10.7. The van der Waals surface area contributed by atoms with Crippen molar-refractivity contribution >= 4 is 41.4 Å². The molecule has 1 aliphatic rings. The van der Waals surface area contributed by atoms with E-state index in [-0.39, 0.29) is 18.9 Å². The smallest absolute Gasteiger partial charge is 0.326 e. The molecule has 33 heavy (non-hydrogen) atoms. The van der Waals surface area contributed by atoms with Crippen LogP contribution in [0.3, 0.4) is 0 Å². The molecule has 10 N–H and O–H groups in total. The van der Waals surface area contributed by atoms with Gasteiger partial charge in [0.15, 0.2) is 5.96 Å². The van der Waals surface area contributed by atoms with Crippen molar-refractivity contribution in [2.24, 2.45) is 22.2 Å². The quantitative estimate of drug-likeness (QED) is 0.0750. The van der Waals surface area contributed by atoms with E-state index < -0.39 is 54.5 Å². The Labute approximate surface area is 196 Å². The monoisotopic (exact) mass is 489 g/mol. The maximum atomic E-state index is 13.2. The fourth-order valence-corrected chi connectivity index (χ4v) is 3.86. The van der Waals surface area contributed by atoms with E-state index in [4.69, 9.17) is 22.3 Å². The number of thioether (sulfide) groups is 1. The number of carboxylic acids is 1. The standard InChI is InChI=1S/C19H35N7O6S/c1-33-9-6-12(24-15(28)11(20)10-27)17(30)26-8-3-5-14(26)16(29)25-13(18(31)32)4-2-7-23-19(21)22/h11-14,27H,2-10,20H2,1H3,(H,24,28)(H,25,29)(H,31,32)(H4,21,22,23). The molecule has 0 aromatic heterocycles. The van der Waals surface area contributed by atoms with Crippen molar-refractivity contribution in [3.8, 4) is 0 Å². The Morgan fingerprint density at radius 2 is 1.88 bits per heavy atom. The lowest BCUT2D eigenvalue weighted by atomic mass is 10.1. The van der Waals surface area contributed by atoms with Gasteiger partial charge >= 0.3 is 5.97 Å². The van der Waals surface area contributed by atoms with Crippen LogP contribution < -0.4 is 27.8 Å². The van der Waals surface area contributed by atoms with E-state index in [0.717, 1.165) is 0 Å².